The van der Waals surface area contributed by atoms with Gasteiger partial charge >= 0.3 is 0 Å². The SMILES string of the molecule is CC[C@@H]1CO[C@H]2[C@H]1OC[C@H]2OCCO. The second kappa shape index (κ2) is 4.57. The van der Waals surface area contributed by atoms with Gasteiger partial charge in [-0.25, -0.2) is 0 Å². The average molecular weight is 202 g/mol. The third-order valence-corrected chi connectivity index (χ3v) is 3.06. The zero-order chi connectivity index (χ0) is 9.97. The lowest BCUT2D eigenvalue weighted by molar-refractivity contribution is -0.0419. The topological polar surface area (TPSA) is 47.9 Å². The number of fused-ring (bicyclic) bond motifs is 1. The molecule has 4 nitrogen and oxygen atoms in total. The van der Waals surface area contributed by atoms with Crippen molar-refractivity contribution in [2.24, 2.45) is 5.92 Å². The molecule has 2 rings (SSSR count). The molecular formula is C10H18O4. The van der Waals surface area contributed by atoms with Crippen LogP contribution in [-0.4, -0.2) is 49.8 Å². The summed E-state index contributed by atoms with van der Waals surface area (Å²) in [4.78, 5) is 0. The van der Waals surface area contributed by atoms with E-state index in [4.69, 9.17) is 19.3 Å². The van der Waals surface area contributed by atoms with Crippen molar-refractivity contribution in [3.63, 3.8) is 0 Å². The number of rotatable bonds is 4. The molecule has 2 heterocycles. The standard InChI is InChI=1S/C10H18O4/c1-2-7-5-13-10-8(12-4-3-11)6-14-9(7)10/h7-11H,2-6H2,1H3/t7-,8-,9+,10-/m1/s1. The molecule has 2 aliphatic rings. The lowest BCUT2D eigenvalue weighted by Gasteiger charge is -2.16. The van der Waals surface area contributed by atoms with E-state index in [2.05, 4.69) is 6.92 Å². The van der Waals surface area contributed by atoms with Gasteiger partial charge in [-0.05, 0) is 6.42 Å². The fraction of sp³-hybridized carbons (Fsp3) is 1.00. The van der Waals surface area contributed by atoms with Crippen LogP contribution in [0.5, 0.6) is 0 Å². The van der Waals surface area contributed by atoms with E-state index >= 15 is 0 Å². The molecule has 0 unspecified atom stereocenters. The monoisotopic (exact) mass is 202 g/mol. The number of aliphatic hydroxyl groups excluding tert-OH is 1. The summed E-state index contributed by atoms with van der Waals surface area (Å²) in [7, 11) is 0. The lowest BCUT2D eigenvalue weighted by atomic mass is 9.99. The summed E-state index contributed by atoms with van der Waals surface area (Å²) in [5.74, 6) is 0.516. The number of hydrogen-bond donors (Lipinski definition) is 1. The third-order valence-electron chi connectivity index (χ3n) is 3.06. The summed E-state index contributed by atoms with van der Waals surface area (Å²) in [6.07, 6.45) is 1.41. The Kier molecular flexibility index (Phi) is 3.38. The molecule has 2 saturated heterocycles. The molecule has 0 saturated carbocycles. The van der Waals surface area contributed by atoms with E-state index in [1.807, 2.05) is 0 Å². The van der Waals surface area contributed by atoms with Crippen molar-refractivity contribution in [3.8, 4) is 0 Å². The quantitative estimate of drug-likeness (QED) is 0.707. The normalized spacial score (nSPS) is 41.6. The molecule has 2 fully saturated rings. The first-order chi connectivity index (χ1) is 6.86. The Hall–Kier alpha value is -0.160. The van der Waals surface area contributed by atoms with Gasteiger partial charge in [0.2, 0.25) is 0 Å². The Morgan fingerprint density at radius 3 is 2.79 bits per heavy atom. The molecule has 0 bridgehead atoms. The van der Waals surface area contributed by atoms with E-state index in [9.17, 15) is 0 Å². The van der Waals surface area contributed by atoms with Crippen molar-refractivity contribution in [2.75, 3.05) is 26.4 Å². The highest BCUT2D eigenvalue weighted by atomic mass is 16.6. The van der Waals surface area contributed by atoms with Gasteiger partial charge in [0.15, 0.2) is 0 Å². The van der Waals surface area contributed by atoms with Crippen molar-refractivity contribution >= 4 is 0 Å². The highest BCUT2D eigenvalue weighted by molar-refractivity contribution is 4.94. The van der Waals surface area contributed by atoms with Gasteiger partial charge < -0.3 is 19.3 Å². The maximum Gasteiger partial charge on any atom is 0.112 e. The molecule has 14 heavy (non-hydrogen) atoms. The molecule has 4 heteroatoms. The maximum atomic E-state index is 8.66. The van der Waals surface area contributed by atoms with Crippen LogP contribution in [0.15, 0.2) is 0 Å². The summed E-state index contributed by atoms with van der Waals surface area (Å²) in [5.41, 5.74) is 0. The Morgan fingerprint density at radius 1 is 1.29 bits per heavy atom. The van der Waals surface area contributed by atoms with E-state index in [1.165, 1.54) is 0 Å². The van der Waals surface area contributed by atoms with E-state index < -0.39 is 0 Å². The van der Waals surface area contributed by atoms with Gasteiger partial charge in [-0.3, -0.25) is 0 Å². The first-order valence-electron chi connectivity index (χ1n) is 5.32. The zero-order valence-electron chi connectivity index (χ0n) is 8.52. The molecule has 2 aliphatic heterocycles. The van der Waals surface area contributed by atoms with E-state index in [0.29, 0.717) is 19.1 Å². The molecule has 0 spiro atoms. The molecule has 0 radical (unpaired) electrons. The highest BCUT2D eigenvalue weighted by Gasteiger charge is 2.47. The zero-order valence-corrected chi connectivity index (χ0v) is 8.52. The van der Waals surface area contributed by atoms with Gasteiger partial charge in [0.1, 0.15) is 12.2 Å². The first kappa shape index (κ1) is 10.4. The van der Waals surface area contributed by atoms with Crippen molar-refractivity contribution < 1.29 is 19.3 Å². The molecule has 1 N–H and O–H groups in total. The van der Waals surface area contributed by atoms with Crippen LogP contribution in [0.2, 0.25) is 0 Å². The van der Waals surface area contributed by atoms with Gasteiger partial charge in [0.05, 0.1) is 32.5 Å². The molecular weight excluding hydrogens is 184 g/mol. The van der Waals surface area contributed by atoms with Crippen LogP contribution >= 0.6 is 0 Å². The molecule has 4 atom stereocenters. The van der Waals surface area contributed by atoms with Crippen LogP contribution in [0, 0.1) is 5.92 Å². The Morgan fingerprint density at radius 2 is 2.07 bits per heavy atom. The molecule has 82 valence electrons. The molecule has 0 aromatic rings. The van der Waals surface area contributed by atoms with E-state index in [-0.39, 0.29) is 24.9 Å². The minimum atomic E-state index is 0.0173. The second-order valence-corrected chi connectivity index (χ2v) is 3.90. The third kappa shape index (κ3) is 1.80. The smallest absolute Gasteiger partial charge is 0.112 e. The fourth-order valence-corrected chi connectivity index (χ4v) is 2.24. The fourth-order valence-electron chi connectivity index (χ4n) is 2.24. The van der Waals surface area contributed by atoms with Crippen LogP contribution in [0.25, 0.3) is 0 Å². The Labute approximate surface area is 84.1 Å². The predicted octanol–water partition coefficient (Wildman–Crippen LogP) is 0.188. The van der Waals surface area contributed by atoms with Gasteiger partial charge in [-0.2, -0.15) is 0 Å². The molecule has 0 amide bonds. The van der Waals surface area contributed by atoms with E-state index in [1.54, 1.807) is 0 Å². The Balaban J connectivity index is 1.87. The van der Waals surface area contributed by atoms with Crippen LogP contribution in [-0.2, 0) is 14.2 Å². The molecule has 0 aromatic heterocycles. The summed E-state index contributed by atoms with van der Waals surface area (Å²) in [6.45, 7) is 3.97. The number of aliphatic hydroxyl groups is 1. The minimum absolute atomic E-state index is 0.0173. The minimum Gasteiger partial charge on any atom is -0.394 e. The summed E-state index contributed by atoms with van der Waals surface area (Å²) < 4.78 is 16.8. The van der Waals surface area contributed by atoms with Crippen LogP contribution in [0.3, 0.4) is 0 Å². The van der Waals surface area contributed by atoms with Gasteiger partial charge in [-0.1, -0.05) is 6.92 Å². The van der Waals surface area contributed by atoms with Crippen LogP contribution in [0.1, 0.15) is 13.3 Å². The highest BCUT2D eigenvalue weighted by Crippen LogP contribution is 2.33. The van der Waals surface area contributed by atoms with Crippen molar-refractivity contribution in [3.05, 3.63) is 0 Å². The van der Waals surface area contributed by atoms with Crippen molar-refractivity contribution in [2.45, 2.75) is 31.7 Å². The predicted molar refractivity (Wildman–Crippen MR) is 50.1 cm³/mol. The van der Waals surface area contributed by atoms with E-state index in [0.717, 1.165) is 13.0 Å². The second-order valence-electron chi connectivity index (χ2n) is 3.90. The molecule has 0 aliphatic carbocycles. The summed E-state index contributed by atoms with van der Waals surface area (Å²) in [5, 5.41) is 8.66. The van der Waals surface area contributed by atoms with Crippen molar-refractivity contribution in [1.29, 1.82) is 0 Å². The average Bonchev–Trinajstić information content (AvgIpc) is 2.75. The number of ether oxygens (including phenoxy) is 3. The first-order valence-corrected chi connectivity index (χ1v) is 5.32. The number of hydrogen-bond acceptors (Lipinski definition) is 4. The molecule has 0 aromatic carbocycles. The van der Waals surface area contributed by atoms with Crippen LogP contribution in [0.4, 0.5) is 0 Å². The summed E-state index contributed by atoms with van der Waals surface area (Å²) >= 11 is 0. The van der Waals surface area contributed by atoms with Gasteiger partial charge in [0.25, 0.3) is 0 Å². The van der Waals surface area contributed by atoms with Gasteiger partial charge in [0, 0.05) is 5.92 Å². The van der Waals surface area contributed by atoms with Gasteiger partial charge in [-0.15, -0.1) is 0 Å². The largest absolute Gasteiger partial charge is 0.394 e. The lowest BCUT2D eigenvalue weighted by Crippen LogP contribution is -2.32. The Bertz CT molecular complexity index is 185. The van der Waals surface area contributed by atoms with Crippen LogP contribution < -0.4 is 0 Å². The maximum absolute atomic E-state index is 8.66. The summed E-state index contributed by atoms with van der Waals surface area (Å²) in [6, 6.07) is 0. The van der Waals surface area contributed by atoms with Crippen molar-refractivity contribution in [1.82, 2.24) is 0 Å².